The summed E-state index contributed by atoms with van der Waals surface area (Å²) in [5.41, 5.74) is 1.59. The van der Waals surface area contributed by atoms with E-state index in [2.05, 4.69) is 25.5 Å². The maximum atomic E-state index is 11.9. The summed E-state index contributed by atoms with van der Waals surface area (Å²) >= 11 is 7.06. The predicted molar refractivity (Wildman–Crippen MR) is 90.4 cm³/mol. The molecule has 1 amide bonds. The number of anilines is 1. The van der Waals surface area contributed by atoms with Gasteiger partial charge in [-0.1, -0.05) is 23.4 Å². The molecule has 0 fully saturated rings. The predicted octanol–water partition coefficient (Wildman–Crippen LogP) is 3.25. The average Bonchev–Trinajstić information content (AvgIpc) is 3.05. The van der Waals surface area contributed by atoms with Gasteiger partial charge in [0.15, 0.2) is 5.82 Å². The average molecular weight is 346 g/mol. The highest BCUT2D eigenvalue weighted by Crippen LogP contribution is 2.19. The second kappa shape index (κ2) is 7.26. The van der Waals surface area contributed by atoms with E-state index in [0.29, 0.717) is 21.7 Å². The molecule has 3 aromatic rings. The molecule has 0 saturated carbocycles. The third kappa shape index (κ3) is 4.30. The summed E-state index contributed by atoms with van der Waals surface area (Å²) < 4.78 is 0. The monoisotopic (exact) mass is 345 g/mol. The number of halogens is 1. The van der Waals surface area contributed by atoms with Crippen LogP contribution < -0.4 is 5.32 Å². The highest BCUT2D eigenvalue weighted by molar-refractivity contribution is 7.99. The lowest BCUT2D eigenvalue weighted by molar-refractivity contribution is -0.113. The standard InChI is InChI=1S/C15H12ClN5OS/c16-11-1-3-12(4-2-11)18-13(22)9-23-15-19-14(20-21-15)10-5-7-17-8-6-10/h1-8H,9H2,(H,18,22)(H,19,20,21). The minimum Gasteiger partial charge on any atom is -0.325 e. The quantitative estimate of drug-likeness (QED) is 0.693. The fraction of sp³-hybridized carbons (Fsp3) is 0.0667. The summed E-state index contributed by atoms with van der Waals surface area (Å²) in [5, 5.41) is 10.9. The molecule has 3 rings (SSSR count). The number of pyridine rings is 1. The number of aromatic amines is 1. The number of hydrogen-bond donors (Lipinski definition) is 2. The van der Waals surface area contributed by atoms with Crippen molar-refractivity contribution in [1.82, 2.24) is 20.2 Å². The van der Waals surface area contributed by atoms with Crippen molar-refractivity contribution in [2.45, 2.75) is 5.16 Å². The molecule has 2 aromatic heterocycles. The highest BCUT2D eigenvalue weighted by Gasteiger charge is 2.09. The molecule has 2 heterocycles. The first-order chi connectivity index (χ1) is 11.2. The van der Waals surface area contributed by atoms with Gasteiger partial charge >= 0.3 is 0 Å². The number of nitrogens with zero attached hydrogens (tertiary/aromatic N) is 3. The van der Waals surface area contributed by atoms with Gasteiger partial charge in [0.05, 0.1) is 5.75 Å². The molecule has 0 bridgehead atoms. The van der Waals surface area contributed by atoms with E-state index in [9.17, 15) is 4.79 Å². The Bertz CT molecular complexity index is 791. The lowest BCUT2D eigenvalue weighted by Crippen LogP contribution is -2.13. The Labute approximate surface area is 141 Å². The molecule has 0 aliphatic rings. The Morgan fingerprint density at radius 3 is 2.65 bits per heavy atom. The molecule has 1 aromatic carbocycles. The Hall–Kier alpha value is -2.38. The maximum absolute atomic E-state index is 11.9. The lowest BCUT2D eigenvalue weighted by Gasteiger charge is -2.03. The molecule has 0 spiro atoms. The van der Waals surface area contributed by atoms with Gasteiger partial charge in [-0.15, -0.1) is 5.10 Å². The lowest BCUT2D eigenvalue weighted by atomic mass is 10.3. The number of nitrogens with one attached hydrogen (secondary N) is 2. The largest absolute Gasteiger partial charge is 0.325 e. The molecule has 0 saturated heterocycles. The second-order valence-corrected chi connectivity index (χ2v) is 5.93. The van der Waals surface area contributed by atoms with Crippen LogP contribution in [0.2, 0.25) is 5.02 Å². The van der Waals surface area contributed by atoms with Crippen LogP contribution in [-0.4, -0.2) is 31.8 Å². The van der Waals surface area contributed by atoms with Crippen LogP contribution in [0.25, 0.3) is 11.4 Å². The van der Waals surface area contributed by atoms with Crippen LogP contribution in [0.15, 0.2) is 53.9 Å². The van der Waals surface area contributed by atoms with Gasteiger partial charge in [0.1, 0.15) is 0 Å². The Kier molecular flexibility index (Phi) is 4.89. The van der Waals surface area contributed by atoms with Gasteiger partial charge in [0.2, 0.25) is 11.1 Å². The van der Waals surface area contributed by atoms with E-state index in [1.54, 1.807) is 36.7 Å². The summed E-state index contributed by atoms with van der Waals surface area (Å²) in [4.78, 5) is 20.2. The molecule has 0 radical (unpaired) electrons. The zero-order chi connectivity index (χ0) is 16.1. The van der Waals surface area contributed by atoms with Crippen molar-refractivity contribution in [3.05, 3.63) is 53.8 Å². The number of carbonyl (C=O) groups excluding carboxylic acids is 1. The fourth-order valence-corrected chi connectivity index (χ4v) is 2.53. The van der Waals surface area contributed by atoms with Crippen LogP contribution in [0.3, 0.4) is 0 Å². The molecular weight excluding hydrogens is 334 g/mol. The van der Waals surface area contributed by atoms with Gasteiger partial charge in [0.25, 0.3) is 0 Å². The van der Waals surface area contributed by atoms with Crippen LogP contribution >= 0.6 is 23.4 Å². The van der Waals surface area contributed by atoms with Crippen molar-refractivity contribution in [2.75, 3.05) is 11.1 Å². The fourth-order valence-electron chi connectivity index (χ4n) is 1.81. The summed E-state index contributed by atoms with van der Waals surface area (Å²) in [5.74, 6) is 0.733. The topological polar surface area (TPSA) is 83.6 Å². The third-order valence-corrected chi connectivity index (χ3v) is 3.98. The van der Waals surface area contributed by atoms with Gasteiger partial charge in [-0.25, -0.2) is 4.98 Å². The molecule has 6 nitrogen and oxygen atoms in total. The van der Waals surface area contributed by atoms with E-state index in [1.165, 1.54) is 11.8 Å². The van der Waals surface area contributed by atoms with Crippen molar-refractivity contribution in [3.63, 3.8) is 0 Å². The number of hydrogen-bond acceptors (Lipinski definition) is 5. The van der Waals surface area contributed by atoms with E-state index in [1.807, 2.05) is 12.1 Å². The van der Waals surface area contributed by atoms with E-state index in [-0.39, 0.29) is 11.7 Å². The van der Waals surface area contributed by atoms with E-state index in [4.69, 9.17) is 11.6 Å². The SMILES string of the molecule is O=C(CSc1n[nH]c(-c2ccncc2)n1)Nc1ccc(Cl)cc1. The van der Waals surface area contributed by atoms with E-state index < -0.39 is 0 Å². The molecular formula is C15H12ClN5OS. The van der Waals surface area contributed by atoms with Crippen molar-refractivity contribution < 1.29 is 4.79 Å². The van der Waals surface area contributed by atoms with E-state index >= 15 is 0 Å². The van der Waals surface area contributed by atoms with Crippen LogP contribution in [-0.2, 0) is 4.79 Å². The molecule has 0 atom stereocenters. The maximum Gasteiger partial charge on any atom is 0.234 e. The first-order valence-corrected chi connectivity index (χ1v) is 8.08. The summed E-state index contributed by atoms with van der Waals surface area (Å²) in [6.07, 6.45) is 3.37. The number of H-pyrrole nitrogens is 1. The van der Waals surface area contributed by atoms with E-state index in [0.717, 1.165) is 5.56 Å². The number of carbonyl (C=O) groups is 1. The zero-order valence-electron chi connectivity index (χ0n) is 11.9. The number of thioether (sulfide) groups is 1. The molecule has 8 heteroatoms. The smallest absolute Gasteiger partial charge is 0.234 e. The van der Waals surface area contributed by atoms with Gasteiger partial charge in [0, 0.05) is 28.7 Å². The van der Waals surface area contributed by atoms with Crippen molar-refractivity contribution in [2.24, 2.45) is 0 Å². The Balaban J connectivity index is 1.55. The summed E-state index contributed by atoms with van der Waals surface area (Å²) in [6.45, 7) is 0. The number of benzene rings is 1. The minimum atomic E-state index is -0.132. The van der Waals surface area contributed by atoms with Gasteiger partial charge < -0.3 is 5.32 Å². The molecule has 2 N–H and O–H groups in total. The first kappa shape index (κ1) is 15.5. The molecule has 23 heavy (non-hydrogen) atoms. The van der Waals surface area contributed by atoms with Crippen molar-refractivity contribution in [3.8, 4) is 11.4 Å². The van der Waals surface area contributed by atoms with Crippen LogP contribution in [0.5, 0.6) is 0 Å². The third-order valence-electron chi connectivity index (χ3n) is 2.88. The van der Waals surface area contributed by atoms with Crippen LogP contribution in [0, 0.1) is 0 Å². The minimum absolute atomic E-state index is 0.132. The van der Waals surface area contributed by atoms with Crippen molar-refractivity contribution >= 4 is 35.0 Å². The summed E-state index contributed by atoms with van der Waals surface area (Å²) in [6, 6.07) is 10.6. The number of aromatic nitrogens is 4. The van der Waals surface area contributed by atoms with Crippen LogP contribution in [0.4, 0.5) is 5.69 Å². The van der Waals surface area contributed by atoms with Gasteiger partial charge in [-0.2, -0.15) is 0 Å². The number of rotatable bonds is 5. The summed E-state index contributed by atoms with van der Waals surface area (Å²) in [7, 11) is 0. The Morgan fingerprint density at radius 2 is 1.91 bits per heavy atom. The molecule has 116 valence electrons. The molecule has 0 aliphatic carbocycles. The van der Waals surface area contributed by atoms with Gasteiger partial charge in [-0.3, -0.25) is 14.9 Å². The first-order valence-electron chi connectivity index (χ1n) is 6.72. The normalized spacial score (nSPS) is 10.5. The van der Waals surface area contributed by atoms with Crippen molar-refractivity contribution in [1.29, 1.82) is 0 Å². The highest BCUT2D eigenvalue weighted by atomic mass is 35.5. The number of amides is 1. The molecule has 0 unspecified atom stereocenters. The zero-order valence-corrected chi connectivity index (χ0v) is 13.4. The van der Waals surface area contributed by atoms with Crippen LogP contribution in [0.1, 0.15) is 0 Å². The Morgan fingerprint density at radius 1 is 1.17 bits per heavy atom. The second-order valence-electron chi connectivity index (χ2n) is 4.55. The molecule has 0 aliphatic heterocycles. The van der Waals surface area contributed by atoms with Gasteiger partial charge in [-0.05, 0) is 36.4 Å².